The normalized spacial score (nSPS) is 12.7. The standard InChI is InChI=1S/C25H34FN3O4S/c1-17-8-13-22(18(2)14-17)29(34(7,32)33)16-23(30)28(15-20-9-11-21(26)12-10-20)19(3)24(31)27-25(4,5)6/h8-14,19H,15-16H2,1-7H3,(H,27,31)/t19-/m1/s1. The number of halogens is 1. The Morgan fingerprint density at radius 3 is 2.15 bits per heavy atom. The van der Waals surface area contributed by atoms with Crippen LogP contribution in [-0.4, -0.2) is 49.5 Å². The first kappa shape index (κ1) is 27.3. The lowest BCUT2D eigenvalue weighted by molar-refractivity contribution is -0.140. The summed E-state index contributed by atoms with van der Waals surface area (Å²) in [5.41, 5.74) is 2.17. The number of nitrogens with zero attached hydrogens (tertiary/aromatic N) is 2. The molecule has 34 heavy (non-hydrogen) atoms. The molecule has 0 saturated heterocycles. The fourth-order valence-electron chi connectivity index (χ4n) is 3.52. The number of anilines is 1. The molecule has 1 atom stereocenters. The number of sulfonamides is 1. The van der Waals surface area contributed by atoms with E-state index >= 15 is 0 Å². The number of rotatable bonds is 8. The summed E-state index contributed by atoms with van der Waals surface area (Å²) in [4.78, 5) is 27.7. The van der Waals surface area contributed by atoms with Crippen molar-refractivity contribution in [1.82, 2.24) is 10.2 Å². The van der Waals surface area contributed by atoms with Crippen LogP contribution in [0.4, 0.5) is 10.1 Å². The molecule has 9 heteroatoms. The van der Waals surface area contributed by atoms with Crippen molar-refractivity contribution >= 4 is 27.5 Å². The Bertz CT molecular complexity index is 1140. The largest absolute Gasteiger partial charge is 0.350 e. The van der Waals surface area contributed by atoms with E-state index in [1.165, 1.54) is 29.2 Å². The molecular weight excluding hydrogens is 457 g/mol. The lowest BCUT2D eigenvalue weighted by Crippen LogP contribution is -2.54. The maximum atomic E-state index is 13.5. The number of carbonyl (C=O) groups excluding carboxylic acids is 2. The molecule has 0 aliphatic heterocycles. The summed E-state index contributed by atoms with van der Waals surface area (Å²) in [6, 6.07) is 10.0. The van der Waals surface area contributed by atoms with Gasteiger partial charge in [0.25, 0.3) is 0 Å². The Balaban J connectivity index is 2.43. The molecule has 0 aliphatic rings. The van der Waals surface area contributed by atoms with E-state index in [1.54, 1.807) is 26.0 Å². The highest BCUT2D eigenvalue weighted by Gasteiger charge is 2.31. The minimum Gasteiger partial charge on any atom is -0.350 e. The quantitative estimate of drug-likeness (QED) is 0.612. The minimum atomic E-state index is -3.80. The van der Waals surface area contributed by atoms with Crippen molar-refractivity contribution in [3.05, 3.63) is 65.0 Å². The van der Waals surface area contributed by atoms with Crippen LogP contribution in [0.3, 0.4) is 0 Å². The van der Waals surface area contributed by atoms with Gasteiger partial charge in [-0.25, -0.2) is 12.8 Å². The van der Waals surface area contributed by atoms with E-state index < -0.39 is 39.9 Å². The smallest absolute Gasteiger partial charge is 0.244 e. The second kappa shape index (κ2) is 10.5. The predicted octanol–water partition coefficient (Wildman–Crippen LogP) is 3.54. The summed E-state index contributed by atoms with van der Waals surface area (Å²) in [6.07, 6.45) is 1.04. The third-order valence-corrected chi connectivity index (χ3v) is 6.36. The van der Waals surface area contributed by atoms with Crippen molar-refractivity contribution < 1.29 is 22.4 Å². The Labute approximate surface area is 202 Å². The lowest BCUT2D eigenvalue weighted by Gasteiger charge is -2.33. The average Bonchev–Trinajstić information content (AvgIpc) is 2.69. The molecule has 2 aromatic carbocycles. The maximum Gasteiger partial charge on any atom is 0.244 e. The molecular formula is C25H34FN3O4S. The van der Waals surface area contributed by atoms with Crippen LogP contribution < -0.4 is 9.62 Å². The first-order chi connectivity index (χ1) is 15.6. The van der Waals surface area contributed by atoms with Crippen molar-refractivity contribution in [3.8, 4) is 0 Å². The van der Waals surface area contributed by atoms with E-state index in [4.69, 9.17) is 0 Å². The SMILES string of the molecule is Cc1ccc(N(CC(=O)N(Cc2ccc(F)cc2)[C@H](C)C(=O)NC(C)(C)C)S(C)(=O)=O)c(C)c1. The molecule has 2 rings (SSSR count). The number of nitrogens with one attached hydrogen (secondary N) is 1. The molecule has 0 heterocycles. The van der Waals surface area contributed by atoms with Crippen LogP contribution in [-0.2, 0) is 26.2 Å². The minimum absolute atomic E-state index is 0.0162. The van der Waals surface area contributed by atoms with Gasteiger partial charge in [-0.1, -0.05) is 29.8 Å². The topological polar surface area (TPSA) is 86.8 Å². The summed E-state index contributed by atoms with van der Waals surface area (Å²) < 4.78 is 39.7. The van der Waals surface area contributed by atoms with Crippen molar-refractivity contribution in [1.29, 1.82) is 0 Å². The molecule has 0 spiro atoms. The second-order valence-electron chi connectivity index (χ2n) is 9.62. The third-order valence-electron chi connectivity index (χ3n) is 5.23. The Morgan fingerprint density at radius 1 is 1.06 bits per heavy atom. The van der Waals surface area contributed by atoms with Gasteiger partial charge in [0.05, 0.1) is 11.9 Å². The van der Waals surface area contributed by atoms with E-state index in [9.17, 15) is 22.4 Å². The van der Waals surface area contributed by atoms with Crippen molar-refractivity contribution in [2.45, 2.75) is 59.7 Å². The van der Waals surface area contributed by atoms with Gasteiger partial charge in [-0.2, -0.15) is 0 Å². The van der Waals surface area contributed by atoms with E-state index in [2.05, 4.69) is 5.32 Å². The van der Waals surface area contributed by atoms with E-state index in [0.717, 1.165) is 16.1 Å². The molecule has 1 N–H and O–H groups in total. The summed E-state index contributed by atoms with van der Waals surface area (Å²) in [5.74, 6) is -1.34. The molecule has 0 aliphatic carbocycles. The van der Waals surface area contributed by atoms with Gasteiger partial charge in [0.2, 0.25) is 21.8 Å². The highest BCUT2D eigenvalue weighted by Crippen LogP contribution is 2.24. The monoisotopic (exact) mass is 491 g/mol. The number of hydrogen-bond donors (Lipinski definition) is 1. The summed E-state index contributed by atoms with van der Waals surface area (Å²) in [5, 5.41) is 2.86. The maximum absolute atomic E-state index is 13.5. The molecule has 0 saturated carbocycles. The second-order valence-corrected chi connectivity index (χ2v) is 11.5. The molecule has 2 amide bonds. The molecule has 186 valence electrons. The van der Waals surface area contributed by atoms with Gasteiger partial charge < -0.3 is 10.2 Å². The van der Waals surface area contributed by atoms with Gasteiger partial charge in [0.1, 0.15) is 18.4 Å². The van der Waals surface area contributed by atoms with Gasteiger partial charge in [-0.05, 0) is 70.9 Å². The highest BCUT2D eigenvalue weighted by atomic mass is 32.2. The molecule has 0 unspecified atom stereocenters. The van der Waals surface area contributed by atoms with Crippen LogP contribution >= 0.6 is 0 Å². The fraction of sp³-hybridized carbons (Fsp3) is 0.440. The van der Waals surface area contributed by atoms with Crippen LogP contribution in [0.5, 0.6) is 0 Å². The van der Waals surface area contributed by atoms with Gasteiger partial charge in [-0.15, -0.1) is 0 Å². The lowest BCUT2D eigenvalue weighted by atomic mass is 10.1. The summed E-state index contributed by atoms with van der Waals surface area (Å²) in [7, 11) is -3.80. The zero-order valence-corrected chi connectivity index (χ0v) is 21.7. The van der Waals surface area contributed by atoms with Crippen LogP contribution in [0, 0.1) is 19.7 Å². The number of benzene rings is 2. The van der Waals surface area contributed by atoms with Crippen molar-refractivity contribution in [3.63, 3.8) is 0 Å². The van der Waals surface area contributed by atoms with Gasteiger partial charge in [-0.3, -0.25) is 13.9 Å². The van der Waals surface area contributed by atoms with E-state index in [0.29, 0.717) is 16.8 Å². The van der Waals surface area contributed by atoms with Crippen molar-refractivity contribution in [2.24, 2.45) is 0 Å². The fourth-order valence-corrected chi connectivity index (χ4v) is 4.43. The summed E-state index contributed by atoms with van der Waals surface area (Å²) in [6.45, 7) is 10.3. The first-order valence-corrected chi connectivity index (χ1v) is 12.8. The Morgan fingerprint density at radius 2 is 1.65 bits per heavy atom. The van der Waals surface area contributed by atoms with E-state index in [1.807, 2.05) is 33.8 Å². The Kier molecular flexibility index (Phi) is 8.47. The molecule has 0 fully saturated rings. The van der Waals surface area contributed by atoms with Crippen molar-refractivity contribution in [2.75, 3.05) is 17.1 Å². The van der Waals surface area contributed by atoms with Crippen LogP contribution in [0.25, 0.3) is 0 Å². The zero-order chi connectivity index (χ0) is 25.8. The predicted molar refractivity (Wildman–Crippen MR) is 132 cm³/mol. The molecule has 0 aromatic heterocycles. The number of aryl methyl sites for hydroxylation is 2. The van der Waals surface area contributed by atoms with Gasteiger partial charge in [0.15, 0.2) is 0 Å². The number of amides is 2. The van der Waals surface area contributed by atoms with Crippen LogP contribution in [0.2, 0.25) is 0 Å². The van der Waals surface area contributed by atoms with Gasteiger partial charge in [0, 0.05) is 12.1 Å². The first-order valence-electron chi connectivity index (χ1n) is 11.0. The molecule has 2 aromatic rings. The third kappa shape index (κ3) is 7.55. The van der Waals surface area contributed by atoms with Crippen LogP contribution in [0.15, 0.2) is 42.5 Å². The van der Waals surface area contributed by atoms with Gasteiger partial charge >= 0.3 is 0 Å². The number of hydrogen-bond acceptors (Lipinski definition) is 4. The summed E-state index contributed by atoms with van der Waals surface area (Å²) >= 11 is 0. The zero-order valence-electron chi connectivity index (χ0n) is 20.8. The molecule has 7 nitrogen and oxygen atoms in total. The molecule has 0 radical (unpaired) electrons. The molecule has 0 bridgehead atoms. The highest BCUT2D eigenvalue weighted by molar-refractivity contribution is 7.92. The average molecular weight is 492 g/mol. The van der Waals surface area contributed by atoms with E-state index in [-0.39, 0.29) is 12.5 Å². The number of carbonyl (C=O) groups is 2. The van der Waals surface area contributed by atoms with Crippen LogP contribution in [0.1, 0.15) is 44.4 Å². The Hall–Kier alpha value is -2.94.